The molecule has 10 heteroatoms. The van der Waals surface area contributed by atoms with Crippen LogP contribution in [-0.4, -0.2) is 48.8 Å². The molecular formula is C15H21N7O3. The average molecular weight is 347 g/mol. The van der Waals surface area contributed by atoms with Gasteiger partial charge in [0.1, 0.15) is 17.3 Å². The lowest BCUT2D eigenvalue weighted by molar-refractivity contribution is -0.122. The molecule has 1 atom stereocenters. The van der Waals surface area contributed by atoms with Crippen molar-refractivity contribution in [2.24, 2.45) is 5.73 Å². The van der Waals surface area contributed by atoms with Crippen LogP contribution in [0.4, 0.5) is 5.82 Å². The third-order valence-electron chi connectivity index (χ3n) is 3.77. The molecule has 0 saturated heterocycles. The smallest absolute Gasteiger partial charge is 0.290 e. The zero-order valence-corrected chi connectivity index (χ0v) is 14.3. The zero-order valence-electron chi connectivity index (χ0n) is 14.3. The molecule has 3 N–H and O–H groups in total. The number of hydrogen-bond donors (Lipinski definition) is 2. The van der Waals surface area contributed by atoms with Crippen LogP contribution in [0.5, 0.6) is 0 Å². The first-order valence-corrected chi connectivity index (χ1v) is 7.77. The molecule has 1 aliphatic rings. The topological polar surface area (TPSA) is 140 Å². The SMILES string of the molecule is CC(C)c1nnc2n1[C@@H](C)CN(c1cncc(C(N)=O)n1)C2.O=CO. The summed E-state index contributed by atoms with van der Waals surface area (Å²) >= 11 is 0. The average Bonchev–Trinajstić information content (AvgIpc) is 3.00. The number of carboxylic acid groups (broad SMARTS) is 1. The Morgan fingerprint density at radius 3 is 2.68 bits per heavy atom. The summed E-state index contributed by atoms with van der Waals surface area (Å²) in [5.41, 5.74) is 5.43. The van der Waals surface area contributed by atoms with Crippen molar-refractivity contribution in [1.82, 2.24) is 24.7 Å². The predicted octanol–water partition coefficient (Wildman–Crippen LogP) is 0.572. The molecule has 2 aromatic rings. The van der Waals surface area contributed by atoms with Gasteiger partial charge in [-0.05, 0) is 6.92 Å². The van der Waals surface area contributed by atoms with E-state index in [-0.39, 0.29) is 18.2 Å². The minimum absolute atomic E-state index is 0.167. The number of hydrogen-bond acceptors (Lipinski definition) is 7. The Hall–Kier alpha value is -3.04. The van der Waals surface area contributed by atoms with Crippen LogP contribution in [0.2, 0.25) is 0 Å². The highest BCUT2D eigenvalue weighted by Gasteiger charge is 2.28. The summed E-state index contributed by atoms with van der Waals surface area (Å²) in [6.07, 6.45) is 3.01. The Morgan fingerprint density at radius 2 is 2.08 bits per heavy atom. The van der Waals surface area contributed by atoms with Gasteiger partial charge >= 0.3 is 0 Å². The molecule has 0 aliphatic carbocycles. The fraction of sp³-hybridized carbons (Fsp3) is 0.467. The normalized spacial score (nSPS) is 16.0. The van der Waals surface area contributed by atoms with E-state index in [0.29, 0.717) is 18.3 Å². The molecule has 134 valence electrons. The van der Waals surface area contributed by atoms with Crippen LogP contribution in [0.25, 0.3) is 0 Å². The van der Waals surface area contributed by atoms with Crippen molar-refractivity contribution in [1.29, 1.82) is 0 Å². The highest BCUT2D eigenvalue weighted by atomic mass is 16.3. The number of rotatable bonds is 3. The first-order chi connectivity index (χ1) is 11.9. The number of nitrogens with zero attached hydrogens (tertiary/aromatic N) is 6. The first-order valence-electron chi connectivity index (χ1n) is 7.77. The summed E-state index contributed by atoms with van der Waals surface area (Å²) in [5.74, 6) is 2.27. The Morgan fingerprint density at radius 1 is 1.40 bits per heavy atom. The minimum Gasteiger partial charge on any atom is -0.483 e. The monoisotopic (exact) mass is 347 g/mol. The zero-order chi connectivity index (χ0) is 18.6. The van der Waals surface area contributed by atoms with Crippen LogP contribution >= 0.6 is 0 Å². The van der Waals surface area contributed by atoms with Crippen LogP contribution < -0.4 is 10.6 Å². The summed E-state index contributed by atoms with van der Waals surface area (Å²) in [7, 11) is 0. The maximum atomic E-state index is 11.3. The van der Waals surface area contributed by atoms with E-state index in [4.69, 9.17) is 15.6 Å². The molecule has 3 heterocycles. The number of carbonyl (C=O) groups is 2. The van der Waals surface area contributed by atoms with Crippen LogP contribution in [0.3, 0.4) is 0 Å². The number of amides is 1. The number of aromatic nitrogens is 5. The minimum atomic E-state index is -0.579. The van der Waals surface area contributed by atoms with Crippen LogP contribution in [0.1, 0.15) is 54.9 Å². The van der Waals surface area contributed by atoms with Crippen LogP contribution in [0.15, 0.2) is 12.4 Å². The summed E-state index contributed by atoms with van der Waals surface area (Å²) in [5, 5.41) is 15.5. The first kappa shape index (κ1) is 18.3. The lowest BCUT2D eigenvalue weighted by atomic mass is 10.1. The number of nitrogens with two attached hydrogens (primary N) is 1. The van der Waals surface area contributed by atoms with E-state index < -0.39 is 5.91 Å². The van der Waals surface area contributed by atoms with E-state index in [1.807, 2.05) is 4.90 Å². The molecule has 10 nitrogen and oxygen atoms in total. The van der Waals surface area contributed by atoms with Crippen LogP contribution in [0, 0.1) is 0 Å². The van der Waals surface area contributed by atoms with Gasteiger partial charge in [0.05, 0.1) is 25.0 Å². The Kier molecular flexibility index (Phi) is 5.63. The molecule has 0 saturated carbocycles. The molecule has 0 spiro atoms. The van der Waals surface area contributed by atoms with Gasteiger partial charge in [0.2, 0.25) is 0 Å². The molecule has 3 rings (SSSR count). The summed E-state index contributed by atoms with van der Waals surface area (Å²) < 4.78 is 2.19. The van der Waals surface area contributed by atoms with Gasteiger partial charge in [-0.1, -0.05) is 13.8 Å². The number of primary amides is 1. The standard InChI is InChI=1S/C14H19N7O.CH2O2/c1-8(2)14-19-18-12-7-20(6-9(3)21(12)14)11-5-16-4-10(17-11)13(15)22;2-1-3/h4-5,8-9H,6-7H2,1-3H3,(H2,15,22);1H,(H,2,3)/t9-;/m0./s1. The fourth-order valence-corrected chi connectivity index (χ4v) is 2.76. The molecule has 0 bridgehead atoms. The molecular weight excluding hydrogens is 326 g/mol. The lowest BCUT2D eigenvalue weighted by Gasteiger charge is -2.33. The molecule has 1 aliphatic heterocycles. The molecule has 0 radical (unpaired) electrons. The molecule has 0 unspecified atom stereocenters. The van der Waals surface area contributed by atoms with Gasteiger partial charge in [0.15, 0.2) is 5.82 Å². The van der Waals surface area contributed by atoms with E-state index in [2.05, 4.69) is 45.5 Å². The number of carbonyl (C=O) groups excluding carboxylic acids is 1. The number of anilines is 1. The van der Waals surface area contributed by atoms with Gasteiger partial charge in [-0.3, -0.25) is 14.6 Å². The van der Waals surface area contributed by atoms with E-state index in [1.165, 1.54) is 6.20 Å². The second kappa shape index (κ2) is 7.69. The molecule has 25 heavy (non-hydrogen) atoms. The molecule has 2 aromatic heterocycles. The lowest BCUT2D eigenvalue weighted by Crippen LogP contribution is -2.38. The Bertz CT molecular complexity index is 759. The highest BCUT2D eigenvalue weighted by molar-refractivity contribution is 5.90. The summed E-state index contributed by atoms with van der Waals surface area (Å²) in [6.45, 7) is 7.43. The molecule has 1 amide bonds. The highest BCUT2D eigenvalue weighted by Crippen LogP contribution is 2.27. The largest absolute Gasteiger partial charge is 0.483 e. The van der Waals surface area contributed by atoms with Gasteiger partial charge in [0, 0.05) is 12.5 Å². The van der Waals surface area contributed by atoms with E-state index in [9.17, 15) is 4.79 Å². The van der Waals surface area contributed by atoms with Gasteiger partial charge < -0.3 is 20.3 Å². The third kappa shape index (κ3) is 3.90. The van der Waals surface area contributed by atoms with Crippen molar-refractivity contribution in [3.8, 4) is 0 Å². The van der Waals surface area contributed by atoms with Gasteiger partial charge in [-0.25, -0.2) is 4.98 Å². The van der Waals surface area contributed by atoms with Crippen molar-refractivity contribution in [2.45, 2.75) is 39.3 Å². The third-order valence-corrected chi connectivity index (χ3v) is 3.77. The quantitative estimate of drug-likeness (QED) is 0.768. The van der Waals surface area contributed by atoms with Crippen molar-refractivity contribution in [3.05, 3.63) is 29.7 Å². The van der Waals surface area contributed by atoms with Crippen molar-refractivity contribution in [3.63, 3.8) is 0 Å². The van der Waals surface area contributed by atoms with Gasteiger partial charge in [-0.15, -0.1) is 10.2 Å². The van der Waals surface area contributed by atoms with Gasteiger partial charge in [-0.2, -0.15) is 0 Å². The summed E-state index contributed by atoms with van der Waals surface area (Å²) in [6, 6.07) is 0.218. The molecule has 0 fully saturated rings. The summed E-state index contributed by atoms with van der Waals surface area (Å²) in [4.78, 5) is 30.0. The second-order valence-corrected chi connectivity index (χ2v) is 5.96. The Labute approximate surface area is 144 Å². The van der Waals surface area contributed by atoms with Crippen LogP contribution in [-0.2, 0) is 11.3 Å². The van der Waals surface area contributed by atoms with Gasteiger partial charge in [0.25, 0.3) is 12.4 Å². The Balaban J connectivity index is 0.000000701. The van der Waals surface area contributed by atoms with E-state index in [0.717, 1.165) is 18.2 Å². The maximum absolute atomic E-state index is 11.3. The van der Waals surface area contributed by atoms with Crippen molar-refractivity contribution >= 4 is 18.2 Å². The fourth-order valence-electron chi connectivity index (χ4n) is 2.76. The predicted molar refractivity (Wildman–Crippen MR) is 89.1 cm³/mol. The maximum Gasteiger partial charge on any atom is 0.290 e. The number of fused-ring (bicyclic) bond motifs is 1. The second-order valence-electron chi connectivity index (χ2n) is 5.96. The van der Waals surface area contributed by atoms with E-state index in [1.54, 1.807) is 6.20 Å². The van der Waals surface area contributed by atoms with Crippen molar-refractivity contribution in [2.75, 3.05) is 11.4 Å². The van der Waals surface area contributed by atoms with Crippen molar-refractivity contribution < 1.29 is 14.7 Å². The van der Waals surface area contributed by atoms with E-state index >= 15 is 0 Å². The molecule has 0 aromatic carbocycles.